The number of nitrogens with zero attached hydrogens (tertiary/aromatic N) is 1. The van der Waals surface area contributed by atoms with Crippen LogP contribution in [0.5, 0.6) is 5.75 Å². The molecule has 0 bridgehead atoms. The number of carbonyl (C=O) groups excluding carboxylic acids is 1. The molecule has 3 aromatic carbocycles. The maximum atomic E-state index is 13.2. The maximum absolute atomic E-state index is 13.2. The molecule has 0 spiro atoms. The molecule has 1 aliphatic heterocycles. The largest absolute Gasteiger partial charge is 0.508 e. The van der Waals surface area contributed by atoms with Gasteiger partial charge in [-0.1, -0.05) is 59.6 Å². The molecule has 3 aromatic rings. The van der Waals surface area contributed by atoms with Crippen LogP contribution in [0.15, 0.2) is 66.7 Å². The molecular formula is C21H13Cl2NO2. The predicted molar refractivity (Wildman–Crippen MR) is 106 cm³/mol. The average Bonchev–Trinajstić information content (AvgIpc) is 2.90. The Morgan fingerprint density at radius 2 is 1.50 bits per heavy atom. The number of hydrogen-bond acceptors (Lipinski definition) is 2. The summed E-state index contributed by atoms with van der Waals surface area (Å²) in [4.78, 5) is 14.8. The Kier molecular flexibility index (Phi) is 4.19. The van der Waals surface area contributed by atoms with Gasteiger partial charge in [0, 0.05) is 5.56 Å². The number of amides is 1. The number of hydrogen-bond donors (Lipinski definition) is 1. The van der Waals surface area contributed by atoms with Crippen molar-refractivity contribution in [2.24, 2.45) is 0 Å². The van der Waals surface area contributed by atoms with Gasteiger partial charge in [-0.2, -0.15) is 0 Å². The first kappa shape index (κ1) is 16.7. The number of halogens is 2. The molecule has 1 heterocycles. The minimum atomic E-state index is -0.200. The van der Waals surface area contributed by atoms with Gasteiger partial charge < -0.3 is 5.11 Å². The van der Waals surface area contributed by atoms with Crippen LogP contribution in [-0.2, 0) is 4.79 Å². The molecule has 0 aromatic heterocycles. The van der Waals surface area contributed by atoms with Gasteiger partial charge in [0.1, 0.15) is 5.75 Å². The number of phenolic OH excluding ortho intramolecular Hbond substituents is 1. The van der Waals surface area contributed by atoms with E-state index in [1.54, 1.807) is 53.4 Å². The number of para-hydroxylation sites is 2. The molecule has 0 radical (unpaired) electrons. The van der Waals surface area contributed by atoms with Crippen LogP contribution in [0.2, 0.25) is 10.0 Å². The molecule has 0 atom stereocenters. The van der Waals surface area contributed by atoms with E-state index in [2.05, 4.69) is 0 Å². The molecule has 1 aliphatic rings. The van der Waals surface area contributed by atoms with E-state index in [0.29, 0.717) is 21.3 Å². The lowest BCUT2D eigenvalue weighted by atomic mass is 10.0. The number of benzene rings is 3. The molecule has 0 unspecified atom stereocenters. The molecule has 26 heavy (non-hydrogen) atoms. The van der Waals surface area contributed by atoms with E-state index >= 15 is 0 Å². The highest BCUT2D eigenvalue weighted by atomic mass is 35.5. The first-order chi connectivity index (χ1) is 12.6. The van der Waals surface area contributed by atoms with Crippen molar-refractivity contribution >= 4 is 52.1 Å². The fraction of sp³-hybridized carbons (Fsp3) is 0. The normalized spacial score (nSPS) is 14.8. The van der Waals surface area contributed by atoms with Crippen molar-refractivity contribution in [3.05, 3.63) is 87.9 Å². The molecule has 0 aliphatic carbocycles. The third-order valence-corrected chi connectivity index (χ3v) is 4.84. The Hall–Kier alpha value is -2.75. The molecule has 128 valence electrons. The highest BCUT2D eigenvalue weighted by Crippen LogP contribution is 2.46. The standard InChI is InChI=1S/C21H13Cl2NO2/c22-17-5-3-6-18(23)20(17)24-19-7-2-1-4-15(19)16(21(24)26)12-13-8-10-14(25)11-9-13/h1-12,25H/b16-12+. The Labute approximate surface area is 160 Å². The molecule has 0 saturated heterocycles. The van der Waals surface area contributed by atoms with Gasteiger partial charge in [-0.25, -0.2) is 0 Å². The lowest BCUT2D eigenvalue weighted by Gasteiger charge is -2.20. The zero-order valence-electron chi connectivity index (χ0n) is 13.5. The summed E-state index contributed by atoms with van der Waals surface area (Å²) < 4.78 is 0. The van der Waals surface area contributed by atoms with Gasteiger partial charge >= 0.3 is 0 Å². The summed E-state index contributed by atoms with van der Waals surface area (Å²) in [6, 6.07) is 19.3. The van der Waals surface area contributed by atoms with Crippen molar-refractivity contribution in [2.75, 3.05) is 4.90 Å². The first-order valence-electron chi connectivity index (χ1n) is 7.95. The minimum Gasteiger partial charge on any atom is -0.508 e. The van der Waals surface area contributed by atoms with Gasteiger partial charge in [0.05, 0.1) is 27.0 Å². The highest BCUT2D eigenvalue weighted by Gasteiger charge is 2.35. The van der Waals surface area contributed by atoms with E-state index < -0.39 is 0 Å². The summed E-state index contributed by atoms with van der Waals surface area (Å²) in [5.41, 5.74) is 3.37. The Morgan fingerprint density at radius 1 is 0.846 bits per heavy atom. The van der Waals surface area contributed by atoms with Crippen LogP contribution < -0.4 is 4.90 Å². The zero-order chi connectivity index (χ0) is 18.3. The Bertz CT molecular complexity index is 1020. The number of carbonyl (C=O) groups is 1. The molecule has 0 fully saturated rings. The summed E-state index contributed by atoms with van der Waals surface area (Å²) in [6.45, 7) is 0. The van der Waals surface area contributed by atoms with Crippen LogP contribution in [0.25, 0.3) is 11.6 Å². The van der Waals surface area contributed by atoms with Gasteiger partial charge in [-0.05, 0) is 42.0 Å². The number of rotatable bonds is 2. The van der Waals surface area contributed by atoms with Gasteiger partial charge in [-0.3, -0.25) is 9.69 Å². The van der Waals surface area contributed by atoms with Crippen molar-refractivity contribution in [3.8, 4) is 5.75 Å². The Balaban J connectivity index is 1.90. The topological polar surface area (TPSA) is 40.5 Å². The van der Waals surface area contributed by atoms with Crippen molar-refractivity contribution in [1.29, 1.82) is 0 Å². The maximum Gasteiger partial charge on any atom is 0.263 e. The minimum absolute atomic E-state index is 0.176. The number of anilines is 2. The average molecular weight is 382 g/mol. The molecule has 1 N–H and O–H groups in total. The van der Waals surface area contributed by atoms with E-state index in [9.17, 15) is 9.90 Å². The third kappa shape index (κ3) is 2.75. The highest BCUT2D eigenvalue weighted by molar-refractivity contribution is 6.44. The number of aromatic hydroxyl groups is 1. The second kappa shape index (κ2) is 6.52. The smallest absolute Gasteiger partial charge is 0.263 e. The Morgan fingerprint density at radius 3 is 2.19 bits per heavy atom. The number of phenols is 1. The molecule has 3 nitrogen and oxygen atoms in total. The van der Waals surface area contributed by atoms with E-state index in [0.717, 1.165) is 16.8 Å². The van der Waals surface area contributed by atoms with Crippen LogP contribution in [0.3, 0.4) is 0 Å². The SMILES string of the molecule is O=C1/C(=C/c2ccc(O)cc2)c2ccccc2N1c1c(Cl)cccc1Cl. The second-order valence-electron chi connectivity index (χ2n) is 5.88. The molecule has 1 amide bonds. The van der Waals surface area contributed by atoms with Crippen molar-refractivity contribution in [3.63, 3.8) is 0 Å². The lowest BCUT2D eigenvalue weighted by Crippen LogP contribution is -2.21. The molecular weight excluding hydrogens is 369 g/mol. The predicted octanol–water partition coefficient (Wildman–Crippen LogP) is 5.92. The second-order valence-corrected chi connectivity index (χ2v) is 6.69. The zero-order valence-corrected chi connectivity index (χ0v) is 15.0. The molecule has 0 saturated carbocycles. The van der Waals surface area contributed by atoms with Gasteiger partial charge in [0.15, 0.2) is 0 Å². The van der Waals surface area contributed by atoms with E-state index in [-0.39, 0.29) is 11.7 Å². The molecule has 4 rings (SSSR count). The summed E-state index contributed by atoms with van der Waals surface area (Å²) in [5, 5.41) is 10.3. The quantitative estimate of drug-likeness (QED) is 0.559. The van der Waals surface area contributed by atoms with Crippen molar-refractivity contribution < 1.29 is 9.90 Å². The monoisotopic (exact) mass is 381 g/mol. The third-order valence-electron chi connectivity index (χ3n) is 4.23. The number of fused-ring (bicyclic) bond motifs is 1. The fourth-order valence-electron chi connectivity index (χ4n) is 3.04. The van der Waals surface area contributed by atoms with Gasteiger partial charge in [0.25, 0.3) is 5.91 Å². The van der Waals surface area contributed by atoms with Crippen LogP contribution >= 0.6 is 23.2 Å². The van der Waals surface area contributed by atoms with Crippen LogP contribution in [-0.4, -0.2) is 11.0 Å². The van der Waals surface area contributed by atoms with Crippen molar-refractivity contribution in [1.82, 2.24) is 0 Å². The van der Waals surface area contributed by atoms with Gasteiger partial charge in [0.2, 0.25) is 0 Å². The van der Waals surface area contributed by atoms with Gasteiger partial charge in [-0.15, -0.1) is 0 Å². The summed E-state index contributed by atoms with van der Waals surface area (Å²) >= 11 is 12.7. The van der Waals surface area contributed by atoms with E-state index in [1.807, 2.05) is 24.3 Å². The van der Waals surface area contributed by atoms with E-state index in [1.165, 1.54) is 0 Å². The van der Waals surface area contributed by atoms with Crippen LogP contribution in [0, 0.1) is 0 Å². The van der Waals surface area contributed by atoms with Crippen molar-refractivity contribution in [2.45, 2.75) is 0 Å². The fourth-order valence-corrected chi connectivity index (χ4v) is 3.61. The van der Waals surface area contributed by atoms with Crippen LogP contribution in [0.1, 0.15) is 11.1 Å². The summed E-state index contributed by atoms with van der Waals surface area (Å²) in [6.07, 6.45) is 1.80. The van der Waals surface area contributed by atoms with E-state index in [4.69, 9.17) is 23.2 Å². The lowest BCUT2D eigenvalue weighted by molar-refractivity contribution is -0.112. The summed E-state index contributed by atoms with van der Waals surface area (Å²) in [7, 11) is 0. The molecule has 5 heteroatoms. The van der Waals surface area contributed by atoms with Crippen LogP contribution in [0.4, 0.5) is 11.4 Å². The summed E-state index contributed by atoms with van der Waals surface area (Å²) in [5.74, 6) is -0.0240. The first-order valence-corrected chi connectivity index (χ1v) is 8.70.